The van der Waals surface area contributed by atoms with Gasteiger partial charge in [-0.2, -0.15) is 0 Å². The molecule has 9 nitrogen and oxygen atoms in total. The van der Waals surface area contributed by atoms with Crippen LogP contribution in [0.5, 0.6) is 0 Å². The SMILES string of the molecule is COCC1(c2ccc(C(=O)N3CC[C@H](Nc4ncc(C)cc4C)C3)cn2)CC(=O)NC1=O. The largest absolute Gasteiger partial charge is 0.383 e. The number of amides is 3. The number of anilines is 1. The van der Waals surface area contributed by atoms with E-state index in [9.17, 15) is 14.4 Å². The molecule has 9 heteroatoms. The number of aryl methyl sites for hydroxylation is 2. The maximum absolute atomic E-state index is 13.0. The number of carbonyl (C=O) groups excluding carboxylic acids is 3. The van der Waals surface area contributed by atoms with Gasteiger partial charge in [0.25, 0.3) is 5.91 Å². The van der Waals surface area contributed by atoms with Crippen molar-refractivity contribution in [3.8, 4) is 0 Å². The Hall–Kier alpha value is -3.33. The summed E-state index contributed by atoms with van der Waals surface area (Å²) < 4.78 is 5.20. The number of imide groups is 1. The van der Waals surface area contributed by atoms with Crippen molar-refractivity contribution >= 4 is 23.5 Å². The Labute approximate surface area is 186 Å². The number of aromatic nitrogens is 2. The number of likely N-dealkylation sites (tertiary alicyclic amines) is 1. The minimum atomic E-state index is -1.16. The Bertz CT molecular complexity index is 1050. The van der Waals surface area contributed by atoms with Crippen molar-refractivity contribution < 1.29 is 19.1 Å². The quantitative estimate of drug-likeness (QED) is 0.656. The number of nitrogens with one attached hydrogen (secondary N) is 2. The number of pyridine rings is 2. The third-order valence-corrected chi connectivity index (χ3v) is 6.07. The fraction of sp³-hybridized carbons (Fsp3) is 0.435. The number of ether oxygens (including phenoxy) is 1. The number of nitrogens with zero attached hydrogens (tertiary/aromatic N) is 3. The van der Waals surface area contributed by atoms with Crippen LogP contribution >= 0.6 is 0 Å². The van der Waals surface area contributed by atoms with Gasteiger partial charge >= 0.3 is 0 Å². The monoisotopic (exact) mass is 437 g/mol. The number of methoxy groups -OCH3 is 1. The van der Waals surface area contributed by atoms with Crippen LogP contribution in [-0.4, -0.2) is 65.4 Å². The molecule has 2 aromatic heterocycles. The van der Waals surface area contributed by atoms with E-state index >= 15 is 0 Å². The molecule has 2 aliphatic rings. The zero-order valence-corrected chi connectivity index (χ0v) is 18.5. The van der Waals surface area contributed by atoms with Gasteiger partial charge in [-0.15, -0.1) is 0 Å². The van der Waals surface area contributed by atoms with Gasteiger partial charge < -0.3 is 15.0 Å². The number of rotatable bonds is 6. The number of hydrogen-bond donors (Lipinski definition) is 2. The van der Waals surface area contributed by atoms with E-state index in [1.807, 2.05) is 20.0 Å². The maximum atomic E-state index is 13.0. The van der Waals surface area contributed by atoms with Gasteiger partial charge in [-0.05, 0) is 43.5 Å². The van der Waals surface area contributed by atoms with E-state index in [1.54, 1.807) is 17.0 Å². The molecule has 2 aliphatic heterocycles. The van der Waals surface area contributed by atoms with Gasteiger partial charge in [0, 0.05) is 45.1 Å². The predicted molar refractivity (Wildman–Crippen MR) is 117 cm³/mol. The van der Waals surface area contributed by atoms with Gasteiger partial charge in [-0.1, -0.05) is 6.07 Å². The fourth-order valence-electron chi connectivity index (χ4n) is 4.40. The highest BCUT2D eigenvalue weighted by molar-refractivity contribution is 6.09. The van der Waals surface area contributed by atoms with Gasteiger partial charge in [0.15, 0.2) is 0 Å². The molecule has 32 heavy (non-hydrogen) atoms. The highest BCUT2D eigenvalue weighted by Crippen LogP contribution is 2.32. The Morgan fingerprint density at radius 2 is 2.09 bits per heavy atom. The summed E-state index contributed by atoms with van der Waals surface area (Å²) in [5.41, 5.74) is 1.89. The minimum Gasteiger partial charge on any atom is -0.383 e. The Kier molecular flexibility index (Phi) is 5.92. The molecular formula is C23H27N5O4. The summed E-state index contributed by atoms with van der Waals surface area (Å²) in [5.74, 6) is -0.0595. The van der Waals surface area contributed by atoms with Crippen LogP contribution in [0.4, 0.5) is 5.82 Å². The van der Waals surface area contributed by atoms with Crippen LogP contribution in [0, 0.1) is 13.8 Å². The average molecular weight is 438 g/mol. The molecule has 4 heterocycles. The van der Waals surface area contributed by atoms with Crippen molar-refractivity contribution in [3.05, 3.63) is 53.0 Å². The number of hydrogen-bond acceptors (Lipinski definition) is 7. The van der Waals surface area contributed by atoms with Crippen molar-refractivity contribution in [1.29, 1.82) is 0 Å². The number of carbonyl (C=O) groups is 3. The van der Waals surface area contributed by atoms with Crippen molar-refractivity contribution in [2.45, 2.75) is 38.1 Å². The third kappa shape index (κ3) is 4.08. The molecule has 0 saturated carbocycles. The zero-order chi connectivity index (χ0) is 22.9. The lowest BCUT2D eigenvalue weighted by molar-refractivity contribution is -0.127. The first-order valence-corrected chi connectivity index (χ1v) is 10.6. The topological polar surface area (TPSA) is 114 Å². The van der Waals surface area contributed by atoms with Crippen molar-refractivity contribution in [3.63, 3.8) is 0 Å². The highest BCUT2D eigenvalue weighted by Gasteiger charge is 2.49. The van der Waals surface area contributed by atoms with E-state index < -0.39 is 11.3 Å². The lowest BCUT2D eigenvalue weighted by Gasteiger charge is -2.24. The van der Waals surface area contributed by atoms with E-state index in [2.05, 4.69) is 26.7 Å². The molecule has 2 fully saturated rings. The van der Waals surface area contributed by atoms with Crippen molar-refractivity contribution in [1.82, 2.24) is 20.2 Å². The first-order chi connectivity index (χ1) is 15.3. The molecule has 0 radical (unpaired) electrons. The van der Waals surface area contributed by atoms with Gasteiger partial charge in [0.05, 0.1) is 17.9 Å². The molecule has 0 aliphatic carbocycles. The lowest BCUT2D eigenvalue weighted by Crippen LogP contribution is -2.40. The van der Waals surface area contributed by atoms with Gasteiger partial charge in [0.2, 0.25) is 11.8 Å². The highest BCUT2D eigenvalue weighted by atomic mass is 16.5. The fourth-order valence-corrected chi connectivity index (χ4v) is 4.40. The van der Waals surface area contributed by atoms with Crippen molar-refractivity contribution in [2.24, 2.45) is 0 Å². The normalized spacial score (nSPS) is 22.8. The van der Waals surface area contributed by atoms with E-state index in [4.69, 9.17) is 4.74 Å². The third-order valence-electron chi connectivity index (χ3n) is 6.07. The lowest BCUT2D eigenvalue weighted by atomic mass is 9.83. The average Bonchev–Trinajstić information content (AvgIpc) is 3.34. The molecule has 0 spiro atoms. The molecule has 0 aromatic carbocycles. The summed E-state index contributed by atoms with van der Waals surface area (Å²) in [5, 5.41) is 5.76. The van der Waals surface area contributed by atoms with Crippen LogP contribution in [0.25, 0.3) is 0 Å². The molecule has 1 unspecified atom stereocenters. The molecular weight excluding hydrogens is 410 g/mol. The summed E-state index contributed by atoms with van der Waals surface area (Å²) in [6.45, 7) is 5.26. The van der Waals surface area contributed by atoms with Crippen LogP contribution in [0.15, 0.2) is 30.6 Å². The van der Waals surface area contributed by atoms with Crippen LogP contribution in [0.2, 0.25) is 0 Å². The van der Waals surface area contributed by atoms with E-state index in [0.717, 1.165) is 23.4 Å². The van der Waals surface area contributed by atoms with Gasteiger partial charge in [0.1, 0.15) is 11.2 Å². The second kappa shape index (κ2) is 8.66. The first-order valence-electron chi connectivity index (χ1n) is 10.6. The zero-order valence-electron chi connectivity index (χ0n) is 18.5. The molecule has 168 valence electrons. The molecule has 0 bridgehead atoms. The summed E-state index contributed by atoms with van der Waals surface area (Å²) in [6, 6.07) is 5.49. The van der Waals surface area contributed by atoms with Gasteiger partial charge in [-0.3, -0.25) is 24.7 Å². The van der Waals surface area contributed by atoms with Crippen LogP contribution < -0.4 is 10.6 Å². The molecule has 2 saturated heterocycles. The molecule has 2 aromatic rings. The molecule has 3 amide bonds. The van der Waals surface area contributed by atoms with E-state index in [1.165, 1.54) is 13.3 Å². The Morgan fingerprint density at radius 1 is 1.28 bits per heavy atom. The summed E-state index contributed by atoms with van der Waals surface area (Å²) in [7, 11) is 1.47. The summed E-state index contributed by atoms with van der Waals surface area (Å²) in [4.78, 5) is 47.8. The first kappa shape index (κ1) is 21.9. The second-order valence-electron chi connectivity index (χ2n) is 8.56. The molecule has 4 rings (SSSR count). The summed E-state index contributed by atoms with van der Waals surface area (Å²) >= 11 is 0. The Balaban J connectivity index is 1.44. The Morgan fingerprint density at radius 3 is 2.72 bits per heavy atom. The maximum Gasteiger partial charge on any atom is 0.255 e. The predicted octanol–water partition coefficient (Wildman–Crippen LogP) is 1.35. The van der Waals surface area contributed by atoms with E-state index in [0.29, 0.717) is 24.3 Å². The van der Waals surface area contributed by atoms with Gasteiger partial charge in [-0.25, -0.2) is 4.98 Å². The summed E-state index contributed by atoms with van der Waals surface area (Å²) in [6.07, 6.45) is 4.10. The second-order valence-corrected chi connectivity index (χ2v) is 8.56. The minimum absolute atomic E-state index is 0.0219. The van der Waals surface area contributed by atoms with Crippen LogP contribution in [0.3, 0.4) is 0 Å². The molecule has 2 atom stereocenters. The van der Waals surface area contributed by atoms with E-state index in [-0.39, 0.29) is 30.9 Å². The standard InChI is InChI=1S/C23H27N5O4/c1-14-8-15(2)20(25-10-14)26-17-6-7-28(12-17)21(30)16-4-5-18(24-11-16)23(13-32-3)9-19(29)27-22(23)31/h4-5,8,10-11,17H,6-7,9,12-13H2,1-3H3,(H,25,26)(H,27,29,31)/t17-,23?/m0/s1. The van der Waals surface area contributed by atoms with Crippen LogP contribution in [0.1, 0.15) is 40.0 Å². The molecule has 2 N–H and O–H groups in total. The van der Waals surface area contributed by atoms with Crippen LogP contribution in [-0.2, 0) is 19.7 Å². The smallest absolute Gasteiger partial charge is 0.255 e. The van der Waals surface area contributed by atoms with Crippen molar-refractivity contribution in [2.75, 3.05) is 32.1 Å².